The molecular weight excluding hydrogens is 580 g/mol. The summed E-state index contributed by atoms with van der Waals surface area (Å²) in [7, 11) is 0. The molecule has 8 rings (SSSR count). The Balaban J connectivity index is 1.02. The fourth-order valence-corrected chi connectivity index (χ4v) is 6.21. The Kier molecular flexibility index (Phi) is 6.64. The molecule has 0 unspecified atom stereocenters. The lowest BCUT2D eigenvalue weighted by Crippen LogP contribution is -2.35. The molecule has 0 saturated carbocycles. The van der Waals surface area contributed by atoms with E-state index in [1.165, 1.54) is 12.1 Å². The van der Waals surface area contributed by atoms with Crippen LogP contribution >= 0.6 is 0 Å². The van der Waals surface area contributed by atoms with Gasteiger partial charge in [-0.3, -0.25) is 14.4 Å². The van der Waals surface area contributed by atoms with Crippen molar-refractivity contribution in [3.05, 3.63) is 143 Å². The summed E-state index contributed by atoms with van der Waals surface area (Å²) in [5.74, 6) is -0.255. The first-order valence-electron chi connectivity index (χ1n) is 15.0. The molecule has 3 aliphatic heterocycles. The first-order valence-corrected chi connectivity index (χ1v) is 15.0. The second kappa shape index (κ2) is 11.1. The molecule has 0 atom stereocenters. The Hall–Kier alpha value is -6.09. The highest BCUT2D eigenvalue weighted by Gasteiger charge is 2.39. The molecule has 1 N–H and O–H groups in total. The molecule has 3 heterocycles. The molecule has 9 heteroatoms. The zero-order chi connectivity index (χ0) is 31.2. The van der Waals surface area contributed by atoms with Gasteiger partial charge in [-0.05, 0) is 54.6 Å². The van der Waals surface area contributed by atoms with E-state index in [0.29, 0.717) is 42.7 Å². The van der Waals surface area contributed by atoms with Crippen molar-refractivity contribution >= 4 is 40.5 Å². The van der Waals surface area contributed by atoms with Crippen molar-refractivity contribution in [2.24, 2.45) is 0 Å². The van der Waals surface area contributed by atoms with Gasteiger partial charge in [-0.2, -0.15) is 0 Å². The number of benzene rings is 5. The van der Waals surface area contributed by atoms with Crippen molar-refractivity contribution in [3.8, 4) is 11.5 Å². The van der Waals surface area contributed by atoms with Crippen LogP contribution in [0.25, 0.3) is 0 Å². The van der Waals surface area contributed by atoms with E-state index in [-0.39, 0.29) is 23.4 Å². The van der Waals surface area contributed by atoms with Crippen LogP contribution in [-0.4, -0.2) is 31.2 Å². The van der Waals surface area contributed by atoms with Gasteiger partial charge in [0, 0.05) is 41.2 Å². The third-order valence-electron chi connectivity index (χ3n) is 8.50. The number of imide groups is 1. The first kappa shape index (κ1) is 27.5. The summed E-state index contributed by atoms with van der Waals surface area (Å²) >= 11 is 0. The summed E-state index contributed by atoms with van der Waals surface area (Å²) in [6, 6.07) is 35.6. The van der Waals surface area contributed by atoms with E-state index in [1.807, 2.05) is 84.9 Å². The van der Waals surface area contributed by atoms with E-state index in [9.17, 15) is 14.4 Å². The summed E-state index contributed by atoms with van der Waals surface area (Å²) in [6.07, 6.45) is 0. The average molecular weight is 609 g/mol. The molecule has 5 aromatic rings. The number of amides is 3. The van der Waals surface area contributed by atoms with Crippen molar-refractivity contribution < 1.29 is 23.9 Å². The molecule has 0 radical (unpaired) electrons. The molecule has 226 valence electrons. The lowest BCUT2D eigenvalue weighted by atomic mass is 10.0. The monoisotopic (exact) mass is 608 g/mol. The third-order valence-corrected chi connectivity index (χ3v) is 8.50. The minimum atomic E-state index is -0.501. The van der Waals surface area contributed by atoms with Crippen LogP contribution in [0.3, 0.4) is 0 Å². The molecule has 0 saturated heterocycles. The van der Waals surface area contributed by atoms with Crippen LogP contribution in [0.4, 0.5) is 22.7 Å². The number of ether oxygens (including phenoxy) is 2. The van der Waals surface area contributed by atoms with Crippen molar-refractivity contribution in [2.45, 2.75) is 13.1 Å². The number of rotatable bonds is 5. The zero-order valence-corrected chi connectivity index (χ0v) is 24.7. The maximum Gasteiger partial charge on any atom is 0.266 e. The number of carbonyl (C=O) groups is 3. The normalized spacial score (nSPS) is 15.0. The van der Waals surface area contributed by atoms with E-state index >= 15 is 0 Å². The Bertz CT molecular complexity index is 2010. The van der Waals surface area contributed by atoms with E-state index in [4.69, 9.17) is 9.47 Å². The lowest BCUT2D eigenvalue weighted by molar-refractivity contribution is 0.0924. The number of para-hydroxylation sites is 4. The van der Waals surface area contributed by atoms with Gasteiger partial charge in [0.25, 0.3) is 17.7 Å². The average Bonchev–Trinajstić information content (AvgIpc) is 3.36. The number of hydrogen-bond acceptors (Lipinski definition) is 7. The van der Waals surface area contributed by atoms with Crippen molar-refractivity contribution in [2.75, 3.05) is 33.5 Å². The first-order chi connectivity index (χ1) is 22.5. The van der Waals surface area contributed by atoms with E-state index in [1.54, 1.807) is 18.2 Å². The predicted molar refractivity (Wildman–Crippen MR) is 175 cm³/mol. The summed E-state index contributed by atoms with van der Waals surface area (Å²) in [5.41, 5.74) is 5.46. The molecule has 0 bridgehead atoms. The molecule has 0 spiro atoms. The molecule has 3 aliphatic rings. The number of nitrogens with one attached hydrogen (secondary N) is 1. The molecule has 0 fully saturated rings. The van der Waals surface area contributed by atoms with Gasteiger partial charge in [0.1, 0.15) is 5.75 Å². The summed E-state index contributed by atoms with van der Waals surface area (Å²) in [6.45, 7) is 1.81. The quantitative estimate of drug-likeness (QED) is 0.229. The molecule has 0 aromatic heterocycles. The number of anilines is 4. The van der Waals surface area contributed by atoms with Crippen LogP contribution in [0.5, 0.6) is 11.5 Å². The largest absolute Gasteiger partial charge is 0.471 e. The smallest absolute Gasteiger partial charge is 0.266 e. The fraction of sp³-hybridized carbons (Fsp3) is 0.108. The summed E-state index contributed by atoms with van der Waals surface area (Å²) < 4.78 is 12.2. The number of hydrogen-bond donors (Lipinski definition) is 1. The van der Waals surface area contributed by atoms with Crippen molar-refractivity contribution in [1.82, 2.24) is 0 Å². The molecule has 5 aromatic carbocycles. The molecule has 46 heavy (non-hydrogen) atoms. The third kappa shape index (κ3) is 4.69. The van der Waals surface area contributed by atoms with Crippen LogP contribution in [0.1, 0.15) is 42.2 Å². The topological polar surface area (TPSA) is 91.4 Å². The number of fused-ring (bicyclic) bond motifs is 3. The lowest BCUT2D eigenvalue weighted by Gasteiger charge is -2.32. The van der Waals surface area contributed by atoms with Gasteiger partial charge < -0.3 is 24.6 Å². The van der Waals surface area contributed by atoms with Crippen LogP contribution in [0.15, 0.2) is 115 Å². The van der Waals surface area contributed by atoms with Gasteiger partial charge in [0.15, 0.2) is 19.2 Å². The highest BCUT2D eigenvalue weighted by atomic mass is 16.5. The summed E-state index contributed by atoms with van der Waals surface area (Å²) in [5, 5.41) is 2.94. The van der Waals surface area contributed by atoms with Crippen molar-refractivity contribution in [1.29, 1.82) is 0 Å². The van der Waals surface area contributed by atoms with Gasteiger partial charge >= 0.3 is 0 Å². The minimum Gasteiger partial charge on any atom is -0.471 e. The Labute approximate surface area is 265 Å². The predicted octanol–water partition coefficient (Wildman–Crippen LogP) is 6.45. The maximum absolute atomic E-state index is 13.7. The maximum atomic E-state index is 13.7. The second-order valence-corrected chi connectivity index (χ2v) is 11.3. The van der Waals surface area contributed by atoms with E-state index in [0.717, 1.165) is 27.4 Å². The van der Waals surface area contributed by atoms with Gasteiger partial charge in [-0.1, -0.05) is 60.7 Å². The Morgan fingerprint density at radius 1 is 0.609 bits per heavy atom. The molecule has 0 aliphatic carbocycles. The van der Waals surface area contributed by atoms with Gasteiger partial charge in [0.05, 0.1) is 22.5 Å². The fourth-order valence-electron chi connectivity index (χ4n) is 6.21. The SMILES string of the molecule is O=C(Nc1cccc2c1OCN(c1ccccc1)C2)c1ccc2c(c1)C(=O)N(c1cccc3c1OCN(c1ccccc1)C3)C2=O. The standard InChI is InChI=1S/C37H28N4O5/c42-35(38-31-15-7-9-25-20-39(22-45-33(25)31)27-11-3-1-4-12-27)24-17-18-29-30(19-24)37(44)41(36(29)43)32-16-8-10-26-21-40(23-46-34(26)32)28-13-5-2-6-14-28/h1-19H,20-23H2,(H,38,42). The minimum absolute atomic E-state index is 0.168. The van der Waals surface area contributed by atoms with E-state index in [2.05, 4.69) is 15.1 Å². The Morgan fingerprint density at radius 2 is 1.20 bits per heavy atom. The second-order valence-electron chi connectivity index (χ2n) is 11.3. The van der Waals surface area contributed by atoms with Gasteiger partial charge in [-0.25, -0.2) is 4.90 Å². The van der Waals surface area contributed by atoms with Crippen LogP contribution < -0.4 is 29.5 Å². The molecule has 9 nitrogen and oxygen atoms in total. The Morgan fingerprint density at radius 3 is 1.87 bits per heavy atom. The van der Waals surface area contributed by atoms with Crippen LogP contribution in [0.2, 0.25) is 0 Å². The highest BCUT2D eigenvalue weighted by molar-refractivity contribution is 6.35. The van der Waals surface area contributed by atoms with Crippen LogP contribution in [-0.2, 0) is 13.1 Å². The molecular formula is C37H28N4O5. The molecule has 3 amide bonds. The van der Waals surface area contributed by atoms with Gasteiger partial charge in [0.2, 0.25) is 0 Å². The van der Waals surface area contributed by atoms with E-state index < -0.39 is 17.7 Å². The zero-order valence-electron chi connectivity index (χ0n) is 24.7. The van der Waals surface area contributed by atoms with Gasteiger partial charge in [-0.15, -0.1) is 0 Å². The number of nitrogens with zero attached hydrogens (tertiary/aromatic N) is 3. The van der Waals surface area contributed by atoms with Crippen molar-refractivity contribution in [3.63, 3.8) is 0 Å². The van der Waals surface area contributed by atoms with Crippen LogP contribution in [0, 0.1) is 0 Å². The highest BCUT2D eigenvalue weighted by Crippen LogP contribution is 2.41. The summed E-state index contributed by atoms with van der Waals surface area (Å²) in [4.78, 5) is 46.1. The number of carbonyl (C=O) groups excluding carboxylic acids is 3.